The molecule has 3 atom stereocenters. The molecule has 0 radical (unpaired) electrons. The lowest BCUT2D eigenvalue weighted by atomic mass is 10.0. The van der Waals surface area contributed by atoms with E-state index in [0.29, 0.717) is 6.04 Å². The highest BCUT2D eigenvalue weighted by atomic mass is 15.2. The van der Waals surface area contributed by atoms with Crippen molar-refractivity contribution in [2.75, 3.05) is 13.1 Å². The van der Waals surface area contributed by atoms with Crippen molar-refractivity contribution >= 4 is 0 Å². The molecule has 2 nitrogen and oxygen atoms in total. The van der Waals surface area contributed by atoms with Crippen molar-refractivity contribution in [3.8, 4) is 0 Å². The Balaban J connectivity index is 1.93. The molecule has 2 rings (SSSR count). The Bertz CT molecular complexity index is 153. The van der Waals surface area contributed by atoms with Crippen LogP contribution < -0.4 is 5.73 Å². The highest BCUT2D eigenvalue weighted by Crippen LogP contribution is 2.37. The summed E-state index contributed by atoms with van der Waals surface area (Å²) in [5, 5.41) is 0. The van der Waals surface area contributed by atoms with Crippen molar-refractivity contribution in [2.45, 2.75) is 38.8 Å². The Hall–Kier alpha value is -0.0800. The average Bonchev–Trinajstić information content (AvgIpc) is 2.42. The summed E-state index contributed by atoms with van der Waals surface area (Å²) < 4.78 is 0. The number of fused-ring (bicyclic) bond motifs is 1. The van der Waals surface area contributed by atoms with Crippen molar-refractivity contribution < 1.29 is 0 Å². The second-order valence-electron chi connectivity index (χ2n) is 4.80. The summed E-state index contributed by atoms with van der Waals surface area (Å²) in [4.78, 5) is 2.60. The molecule has 0 aromatic carbocycles. The molecule has 2 N–H and O–H groups in total. The van der Waals surface area contributed by atoms with Gasteiger partial charge < -0.3 is 10.6 Å². The second-order valence-corrected chi connectivity index (χ2v) is 4.80. The van der Waals surface area contributed by atoms with Crippen LogP contribution in [0.1, 0.15) is 26.7 Å². The van der Waals surface area contributed by atoms with Crippen LogP contribution in [0.5, 0.6) is 0 Å². The fourth-order valence-electron chi connectivity index (χ4n) is 2.80. The van der Waals surface area contributed by atoms with Crippen molar-refractivity contribution in [3.05, 3.63) is 0 Å². The van der Waals surface area contributed by atoms with Crippen LogP contribution in [-0.2, 0) is 0 Å². The Morgan fingerprint density at radius 3 is 2.08 bits per heavy atom. The molecule has 0 bridgehead atoms. The second kappa shape index (κ2) is 3.00. The maximum Gasteiger partial charge on any atom is 0.00452 e. The van der Waals surface area contributed by atoms with Gasteiger partial charge in [0.15, 0.2) is 0 Å². The Kier molecular flexibility index (Phi) is 2.13. The number of nitrogens with zero attached hydrogens (tertiary/aromatic N) is 1. The number of hydrogen-bond acceptors (Lipinski definition) is 2. The van der Waals surface area contributed by atoms with Gasteiger partial charge in [-0.15, -0.1) is 0 Å². The van der Waals surface area contributed by atoms with E-state index in [0.717, 1.165) is 17.9 Å². The van der Waals surface area contributed by atoms with Crippen molar-refractivity contribution in [2.24, 2.45) is 17.6 Å². The van der Waals surface area contributed by atoms with E-state index in [1.807, 2.05) is 0 Å². The van der Waals surface area contributed by atoms with Gasteiger partial charge >= 0.3 is 0 Å². The largest absolute Gasteiger partial charge is 0.328 e. The van der Waals surface area contributed by atoms with E-state index < -0.39 is 0 Å². The number of rotatable bonds is 1. The third kappa shape index (κ3) is 1.38. The first-order chi connectivity index (χ1) is 5.66. The predicted molar refractivity (Wildman–Crippen MR) is 50.9 cm³/mol. The van der Waals surface area contributed by atoms with E-state index in [9.17, 15) is 0 Å². The normalized spacial score (nSPS) is 42.5. The molecule has 1 unspecified atom stereocenters. The van der Waals surface area contributed by atoms with Crippen LogP contribution in [0.15, 0.2) is 0 Å². The molecule has 1 saturated carbocycles. The van der Waals surface area contributed by atoms with Crippen molar-refractivity contribution in [1.82, 2.24) is 4.90 Å². The van der Waals surface area contributed by atoms with Crippen molar-refractivity contribution in [1.29, 1.82) is 0 Å². The summed E-state index contributed by atoms with van der Waals surface area (Å²) in [6, 6.07) is 1.24. The van der Waals surface area contributed by atoms with Gasteiger partial charge in [0.2, 0.25) is 0 Å². The van der Waals surface area contributed by atoms with Crippen LogP contribution >= 0.6 is 0 Å². The van der Waals surface area contributed by atoms with Gasteiger partial charge in [-0.05, 0) is 38.5 Å². The zero-order valence-electron chi connectivity index (χ0n) is 8.16. The third-order valence-electron chi connectivity index (χ3n) is 3.55. The molecule has 2 heteroatoms. The fourth-order valence-corrected chi connectivity index (χ4v) is 2.80. The summed E-state index contributed by atoms with van der Waals surface area (Å²) in [5.74, 6) is 1.84. The van der Waals surface area contributed by atoms with Crippen LogP contribution in [0, 0.1) is 11.8 Å². The molecule has 1 aliphatic heterocycles. The standard InChI is InChI=1S/C10H20N2/c1-7(2)12-5-8-3-10(11)4-9(8)6-12/h7-10H,3-6,11H2,1-2H3/t8-,9?,10-/m1/s1. The summed E-state index contributed by atoms with van der Waals surface area (Å²) in [6.07, 6.45) is 2.54. The molecule has 2 fully saturated rings. The monoisotopic (exact) mass is 168 g/mol. The molecule has 0 amide bonds. The average molecular weight is 168 g/mol. The summed E-state index contributed by atoms with van der Waals surface area (Å²) in [6.45, 7) is 7.19. The Morgan fingerprint density at radius 2 is 1.67 bits per heavy atom. The molecule has 0 aromatic heterocycles. The molecular formula is C10H20N2. The van der Waals surface area contributed by atoms with E-state index in [4.69, 9.17) is 5.73 Å². The lowest BCUT2D eigenvalue weighted by Gasteiger charge is -2.21. The van der Waals surface area contributed by atoms with Gasteiger partial charge in [-0.25, -0.2) is 0 Å². The smallest absolute Gasteiger partial charge is 0.00452 e. The minimum absolute atomic E-state index is 0.509. The van der Waals surface area contributed by atoms with E-state index in [1.165, 1.54) is 25.9 Å². The number of likely N-dealkylation sites (tertiary alicyclic amines) is 1. The quantitative estimate of drug-likeness (QED) is 0.634. The number of nitrogens with two attached hydrogens (primary N) is 1. The first-order valence-corrected chi connectivity index (χ1v) is 5.16. The highest BCUT2D eigenvalue weighted by Gasteiger charge is 2.39. The first kappa shape index (κ1) is 8.52. The molecule has 1 heterocycles. The fraction of sp³-hybridized carbons (Fsp3) is 1.00. The Labute approximate surface area is 75.1 Å². The van der Waals surface area contributed by atoms with Crippen LogP contribution in [-0.4, -0.2) is 30.1 Å². The first-order valence-electron chi connectivity index (χ1n) is 5.16. The zero-order chi connectivity index (χ0) is 8.72. The van der Waals surface area contributed by atoms with Gasteiger partial charge in [0, 0.05) is 25.2 Å². The zero-order valence-corrected chi connectivity index (χ0v) is 8.16. The third-order valence-corrected chi connectivity index (χ3v) is 3.55. The minimum atomic E-state index is 0.509. The maximum absolute atomic E-state index is 5.93. The molecular weight excluding hydrogens is 148 g/mol. The summed E-state index contributed by atoms with van der Waals surface area (Å²) in [7, 11) is 0. The van der Waals surface area contributed by atoms with Crippen LogP contribution in [0.4, 0.5) is 0 Å². The molecule has 0 spiro atoms. The minimum Gasteiger partial charge on any atom is -0.328 e. The van der Waals surface area contributed by atoms with Gasteiger partial charge in [0.25, 0.3) is 0 Å². The molecule has 70 valence electrons. The van der Waals surface area contributed by atoms with E-state index >= 15 is 0 Å². The summed E-state index contributed by atoms with van der Waals surface area (Å²) in [5.41, 5.74) is 5.93. The Morgan fingerprint density at radius 1 is 1.17 bits per heavy atom. The van der Waals surface area contributed by atoms with Crippen LogP contribution in [0.3, 0.4) is 0 Å². The maximum atomic E-state index is 5.93. The van der Waals surface area contributed by atoms with Crippen LogP contribution in [0.2, 0.25) is 0 Å². The lowest BCUT2D eigenvalue weighted by Crippen LogP contribution is -2.30. The highest BCUT2D eigenvalue weighted by molar-refractivity contribution is 4.94. The van der Waals surface area contributed by atoms with E-state index in [1.54, 1.807) is 0 Å². The van der Waals surface area contributed by atoms with Gasteiger partial charge in [0.05, 0.1) is 0 Å². The molecule has 2 aliphatic rings. The molecule has 1 saturated heterocycles. The lowest BCUT2D eigenvalue weighted by molar-refractivity contribution is 0.252. The molecule has 1 aliphatic carbocycles. The van der Waals surface area contributed by atoms with Gasteiger partial charge in [0.1, 0.15) is 0 Å². The molecule has 12 heavy (non-hydrogen) atoms. The van der Waals surface area contributed by atoms with Crippen molar-refractivity contribution in [3.63, 3.8) is 0 Å². The summed E-state index contributed by atoms with van der Waals surface area (Å²) >= 11 is 0. The molecule has 0 aromatic rings. The van der Waals surface area contributed by atoms with Gasteiger partial charge in [-0.2, -0.15) is 0 Å². The predicted octanol–water partition coefficient (Wildman–Crippen LogP) is 1.06. The topological polar surface area (TPSA) is 29.3 Å². The van der Waals surface area contributed by atoms with Gasteiger partial charge in [-0.1, -0.05) is 0 Å². The van der Waals surface area contributed by atoms with Crippen LogP contribution in [0.25, 0.3) is 0 Å². The van der Waals surface area contributed by atoms with E-state index in [2.05, 4.69) is 18.7 Å². The van der Waals surface area contributed by atoms with E-state index in [-0.39, 0.29) is 0 Å². The van der Waals surface area contributed by atoms with Gasteiger partial charge in [-0.3, -0.25) is 0 Å². The number of hydrogen-bond donors (Lipinski definition) is 1. The SMILES string of the molecule is CC(C)N1CC2C[C@H](N)C[C@@H]2C1.